The van der Waals surface area contributed by atoms with Gasteiger partial charge >= 0.3 is 0 Å². The van der Waals surface area contributed by atoms with Gasteiger partial charge in [-0.3, -0.25) is 0 Å². The van der Waals surface area contributed by atoms with Gasteiger partial charge in [-0.05, 0) is 0 Å². The molecule has 0 aromatic carbocycles. The predicted octanol–water partition coefficient (Wildman–Crippen LogP) is 2.04. The molecule has 0 spiro atoms. The monoisotopic (exact) mass is 229 g/mol. The fourth-order valence-corrected chi connectivity index (χ4v) is 1.69. The highest BCUT2D eigenvalue weighted by molar-refractivity contribution is 7.07. The molecule has 0 saturated heterocycles. The summed E-state index contributed by atoms with van der Waals surface area (Å²) in [6.45, 7) is 9.86. The second-order valence-electron chi connectivity index (χ2n) is 4.03. The van der Waals surface area contributed by atoms with Gasteiger partial charge in [0.2, 0.25) is 0 Å². The van der Waals surface area contributed by atoms with Gasteiger partial charge in [-0.25, -0.2) is 0 Å². The van der Waals surface area contributed by atoms with Crippen molar-refractivity contribution in [2.24, 2.45) is 0 Å². The van der Waals surface area contributed by atoms with Gasteiger partial charge < -0.3 is 10.1 Å². The van der Waals surface area contributed by atoms with E-state index in [1.807, 2.05) is 0 Å². The van der Waals surface area contributed by atoms with Gasteiger partial charge in [0.1, 0.15) is 12.4 Å². The maximum absolute atomic E-state index is 5.47. The molecule has 0 aliphatic rings. The lowest BCUT2D eigenvalue weighted by Crippen LogP contribution is -2.27. The summed E-state index contributed by atoms with van der Waals surface area (Å²) >= 11 is 1.33. The van der Waals surface area contributed by atoms with Gasteiger partial charge in [-0.15, -0.1) is 0 Å². The quantitative estimate of drug-likeness (QED) is 0.758. The van der Waals surface area contributed by atoms with Crippen LogP contribution in [0.3, 0.4) is 0 Å². The lowest BCUT2D eigenvalue weighted by molar-refractivity contribution is 0.306. The van der Waals surface area contributed by atoms with E-state index < -0.39 is 0 Å². The van der Waals surface area contributed by atoms with Crippen LogP contribution in [0.25, 0.3) is 0 Å². The molecule has 1 N–H and O–H groups in total. The molecular formula is C10H19N3OS. The van der Waals surface area contributed by atoms with Gasteiger partial charge in [0.05, 0.1) is 0 Å². The minimum absolute atomic E-state index is 0.368. The number of hydrogen-bond donors (Lipinski definition) is 1. The smallest absolute Gasteiger partial charge is 0.293 e. The topological polar surface area (TPSA) is 47.0 Å². The number of nitrogens with one attached hydrogen (secondary N) is 1. The highest BCUT2D eigenvalue weighted by Crippen LogP contribution is 2.18. The van der Waals surface area contributed by atoms with Crippen LogP contribution in [0.2, 0.25) is 0 Å². The normalized spacial score (nSPS) is 11.3. The summed E-state index contributed by atoms with van der Waals surface area (Å²) in [5, 5.41) is 3.95. The molecule has 0 bridgehead atoms. The van der Waals surface area contributed by atoms with Gasteiger partial charge in [0.15, 0.2) is 0 Å². The first kappa shape index (κ1) is 12.4. The van der Waals surface area contributed by atoms with Crippen molar-refractivity contribution in [1.82, 2.24) is 14.7 Å². The minimum atomic E-state index is 0.368. The third-order valence-corrected chi connectivity index (χ3v) is 2.46. The van der Waals surface area contributed by atoms with Crippen molar-refractivity contribution in [3.05, 3.63) is 5.82 Å². The maximum Gasteiger partial charge on any atom is 0.293 e. The summed E-state index contributed by atoms with van der Waals surface area (Å²) < 4.78 is 9.68. The lowest BCUT2D eigenvalue weighted by Gasteiger charge is -2.07. The molecule has 0 aliphatic carbocycles. The lowest BCUT2D eigenvalue weighted by atomic mass is 10.2. The van der Waals surface area contributed by atoms with Gasteiger partial charge in [-0.1, -0.05) is 27.7 Å². The van der Waals surface area contributed by atoms with E-state index in [9.17, 15) is 0 Å². The summed E-state index contributed by atoms with van der Waals surface area (Å²) in [6, 6.07) is 0.495. The van der Waals surface area contributed by atoms with E-state index in [0.717, 1.165) is 12.4 Å². The highest BCUT2D eigenvalue weighted by atomic mass is 32.1. The van der Waals surface area contributed by atoms with Gasteiger partial charge in [0, 0.05) is 30.0 Å². The zero-order valence-electron chi connectivity index (χ0n) is 9.78. The number of rotatable bonds is 6. The predicted molar refractivity (Wildman–Crippen MR) is 62.6 cm³/mol. The van der Waals surface area contributed by atoms with Crippen molar-refractivity contribution in [3.63, 3.8) is 0 Å². The van der Waals surface area contributed by atoms with Crippen LogP contribution >= 0.6 is 11.5 Å². The van der Waals surface area contributed by atoms with E-state index in [-0.39, 0.29) is 0 Å². The van der Waals surface area contributed by atoms with E-state index in [2.05, 4.69) is 42.4 Å². The molecule has 0 unspecified atom stereocenters. The molecule has 1 aromatic heterocycles. The summed E-state index contributed by atoms with van der Waals surface area (Å²) in [4.78, 5) is 4.28. The fourth-order valence-electron chi connectivity index (χ4n) is 0.999. The molecule has 15 heavy (non-hydrogen) atoms. The molecule has 0 saturated carbocycles. The Morgan fingerprint density at radius 1 is 1.33 bits per heavy atom. The molecule has 0 aliphatic heterocycles. The van der Waals surface area contributed by atoms with Crippen molar-refractivity contribution in [2.45, 2.75) is 39.7 Å². The fraction of sp³-hybridized carbons (Fsp3) is 0.800. The Morgan fingerprint density at radius 2 is 2.07 bits per heavy atom. The Morgan fingerprint density at radius 3 is 2.60 bits per heavy atom. The molecule has 1 rings (SSSR count). The second-order valence-corrected chi connectivity index (χ2v) is 4.74. The van der Waals surface area contributed by atoms with E-state index in [1.54, 1.807) is 0 Å². The molecule has 4 nitrogen and oxygen atoms in total. The number of nitrogens with zero attached hydrogens (tertiary/aromatic N) is 2. The largest absolute Gasteiger partial charge is 0.468 e. The number of hydrogen-bond acceptors (Lipinski definition) is 5. The van der Waals surface area contributed by atoms with Crippen LogP contribution in [0.1, 0.15) is 39.4 Å². The molecular weight excluding hydrogens is 210 g/mol. The maximum atomic E-state index is 5.47. The van der Waals surface area contributed by atoms with Crippen LogP contribution < -0.4 is 10.1 Å². The average molecular weight is 229 g/mol. The second kappa shape index (κ2) is 6.02. The zero-order valence-corrected chi connectivity index (χ0v) is 10.6. The van der Waals surface area contributed by atoms with Crippen molar-refractivity contribution in [2.75, 3.05) is 13.2 Å². The first-order valence-electron chi connectivity index (χ1n) is 5.29. The van der Waals surface area contributed by atoms with Crippen LogP contribution in [-0.4, -0.2) is 28.6 Å². The molecule has 0 amide bonds. The van der Waals surface area contributed by atoms with E-state index >= 15 is 0 Å². The Balaban J connectivity index is 2.26. The Kier molecular flexibility index (Phi) is 4.98. The van der Waals surface area contributed by atoms with Crippen LogP contribution in [-0.2, 0) is 0 Å². The molecule has 0 atom stereocenters. The SMILES string of the molecule is CC(C)NCCOc1nc(C(C)C)ns1. The summed E-state index contributed by atoms with van der Waals surface area (Å²) in [6.07, 6.45) is 0. The Bertz CT molecular complexity index is 286. The highest BCUT2D eigenvalue weighted by Gasteiger charge is 2.07. The van der Waals surface area contributed by atoms with Crippen molar-refractivity contribution in [3.8, 4) is 5.19 Å². The Hall–Kier alpha value is -0.680. The third-order valence-electron chi connectivity index (χ3n) is 1.82. The standard InChI is InChI=1S/C10H19N3OS/c1-7(2)9-12-10(15-13-9)14-6-5-11-8(3)4/h7-8,11H,5-6H2,1-4H3. The van der Waals surface area contributed by atoms with Crippen molar-refractivity contribution >= 4 is 11.5 Å². The van der Waals surface area contributed by atoms with Crippen LogP contribution in [0.4, 0.5) is 0 Å². The Labute approximate surface area is 95.2 Å². The molecule has 86 valence electrons. The summed E-state index contributed by atoms with van der Waals surface area (Å²) in [5.74, 6) is 1.24. The van der Waals surface area contributed by atoms with Crippen LogP contribution in [0.15, 0.2) is 0 Å². The van der Waals surface area contributed by atoms with Crippen molar-refractivity contribution in [1.29, 1.82) is 0 Å². The zero-order chi connectivity index (χ0) is 11.3. The molecule has 1 aromatic rings. The van der Waals surface area contributed by atoms with Gasteiger partial charge in [-0.2, -0.15) is 9.36 Å². The van der Waals surface area contributed by atoms with E-state index in [0.29, 0.717) is 23.8 Å². The third kappa shape index (κ3) is 4.57. The van der Waals surface area contributed by atoms with Crippen LogP contribution in [0.5, 0.6) is 5.19 Å². The molecule has 5 heteroatoms. The first-order chi connectivity index (χ1) is 7.09. The summed E-state index contributed by atoms with van der Waals surface area (Å²) in [7, 11) is 0. The van der Waals surface area contributed by atoms with Crippen molar-refractivity contribution < 1.29 is 4.74 Å². The summed E-state index contributed by atoms with van der Waals surface area (Å²) in [5.41, 5.74) is 0. The average Bonchev–Trinajstić information content (AvgIpc) is 2.60. The number of aromatic nitrogens is 2. The molecule has 1 heterocycles. The van der Waals surface area contributed by atoms with Gasteiger partial charge in [0.25, 0.3) is 5.19 Å². The van der Waals surface area contributed by atoms with Crippen LogP contribution in [0, 0.1) is 0 Å². The van der Waals surface area contributed by atoms with E-state index in [1.165, 1.54) is 11.5 Å². The van der Waals surface area contributed by atoms with E-state index in [4.69, 9.17) is 4.74 Å². The first-order valence-corrected chi connectivity index (χ1v) is 6.06. The number of ether oxygens (including phenoxy) is 1. The molecule has 0 radical (unpaired) electrons. The minimum Gasteiger partial charge on any atom is -0.468 e. The molecule has 0 fully saturated rings.